The largest absolute Gasteiger partial charge is 0.406 e. The molecule has 0 aliphatic heterocycles. The molecule has 31 heavy (non-hydrogen) atoms. The van der Waals surface area contributed by atoms with E-state index in [2.05, 4.69) is 51.1 Å². The molecule has 3 rings (SSSR count). The number of ether oxygens (including phenoxy) is 2. The Hall–Kier alpha value is -2.01. The number of nitrogens with zero attached hydrogens (tertiary/aromatic N) is 1. The second kappa shape index (κ2) is 9.64. The fourth-order valence-electron chi connectivity index (χ4n) is 4.79. The van der Waals surface area contributed by atoms with E-state index in [4.69, 9.17) is 13.9 Å². The Bertz CT molecular complexity index is 838. The summed E-state index contributed by atoms with van der Waals surface area (Å²) in [5, 5.41) is 22.7. The summed E-state index contributed by atoms with van der Waals surface area (Å²) >= 11 is 0. The van der Waals surface area contributed by atoms with Crippen molar-refractivity contribution in [3.63, 3.8) is 0 Å². The standard InChI is InChI=1S/C25H33NO4Si/c1-24(2,3)31(21-11-7-5-8-12-21,22-13-9-6-10-14-22)30-18-25(17-26)16-20(27)15-23(25)29-19-28-4/h5-14,20,23,27H,15-16,18-19H2,1-4H3/t20-,23+,25+/m1/s1. The number of aliphatic hydroxyl groups excluding tert-OH is 1. The number of nitriles is 1. The Morgan fingerprint density at radius 3 is 2.06 bits per heavy atom. The van der Waals surface area contributed by atoms with Crippen molar-refractivity contribution >= 4 is 18.7 Å². The predicted octanol–water partition coefficient (Wildman–Crippen LogP) is 3.22. The van der Waals surface area contributed by atoms with Gasteiger partial charge in [-0.05, 0) is 21.8 Å². The highest BCUT2D eigenvalue weighted by molar-refractivity contribution is 6.99. The Morgan fingerprint density at radius 1 is 1.06 bits per heavy atom. The van der Waals surface area contributed by atoms with E-state index in [0.29, 0.717) is 12.8 Å². The lowest BCUT2D eigenvalue weighted by atomic mass is 9.87. The van der Waals surface area contributed by atoms with Crippen molar-refractivity contribution in [3.8, 4) is 6.07 Å². The zero-order chi connectivity index (χ0) is 22.5. The van der Waals surface area contributed by atoms with Gasteiger partial charge in [-0.3, -0.25) is 0 Å². The second-order valence-electron chi connectivity index (χ2n) is 9.38. The van der Waals surface area contributed by atoms with Gasteiger partial charge in [0.05, 0.1) is 24.9 Å². The summed E-state index contributed by atoms with van der Waals surface area (Å²) in [5.41, 5.74) is -0.926. The first kappa shape index (κ1) is 23.6. The number of hydrogen-bond donors (Lipinski definition) is 1. The lowest BCUT2D eigenvalue weighted by Gasteiger charge is -2.44. The maximum absolute atomic E-state index is 10.4. The first-order valence-electron chi connectivity index (χ1n) is 10.7. The molecular formula is C25H33NO4Si. The van der Waals surface area contributed by atoms with Gasteiger partial charge in [0.2, 0.25) is 0 Å². The number of aliphatic hydroxyl groups is 1. The average molecular weight is 440 g/mol. The molecule has 2 aromatic carbocycles. The molecule has 0 saturated heterocycles. The van der Waals surface area contributed by atoms with Gasteiger partial charge < -0.3 is 19.0 Å². The van der Waals surface area contributed by atoms with Crippen LogP contribution in [0, 0.1) is 16.7 Å². The average Bonchev–Trinajstić information content (AvgIpc) is 3.09. The Kier molecular flexibility index (Phi) is 7.35. The van der Waals surface area contributed by atoms with Crippen LogP contribution in [0.4, 0.5) is 0 Å². The van der Waals surface area contributed by atoms with Crippen molar-refractivity contribution in [2.75, 3.05) is 20.5 Å². The second-order valence-corrected chi connectivity index (χ2v) is 13.7. The molecule has 1 saturated carbocycles. The lowest BCUT2D eigenvalue weighted by Crippen LogP contribution is -2.67. The molecule has 2 aromatic rings. The SMILES string of the molecule is COCO[C@H]1C[C@@H](O)C[C@]1(C#N)CO[Si](c1ccccc1)(c1ccccc1)C(C)(C)C. The number of hydrogen-bond acceptors (Lipinski definition) is 5. The Labute approximate surface area is 186 Å². The van der Waals surface area contributed by atoms with E-state index in [1.165, 1.54) is 0 Å². The molecule has 1 aliphatic rings. The van der Waals surface area contributed by atoms with Crippen LogP contribution >= 0.6 is 0 Å². The minimum absolute atomic E-state index is 0.0834. The third-order valence-electron chi connectivity index (χ3n) is 6.28. The van der Waals surface area contributed by atoms with Crippen LogP contribution in [-0.4, -0.2) is 46.1 Å². The van der Waals surface area contributed by atoms with E-state index in [0.717, 1.165) is 10.4 Å². The molecule has 1 aliphatic carbocycles. The molecule has 0 bridgehead atoms. The van der Waals surface area contributed by atoms with Crippen LogP contribution in [0.5, 0.6) is 0 Å². The summed E-state index contributed by atoms with van der Waals surface area (Å²) in [4.78, 5) is 0. The molecule has 0 heterocycles. The molecule has 5 nitrogen and oxygen atoms in total. The molecular weight excluding hydrogens is 406 g/mol. The van der Waals surface area contributed by atoms with Crippen LogP contribution in [0.3, 0.4) is 0 Å². The van der Waals surface area contributed by atoms with Crippen LogP contribution in [0.25, 0.3) is 0 Å². The predicted molar refractivity (Wildman–Crippen MR) is 124 cm³/mol. The monoisotopic (exact) mass is 439 g/mol. The first-order chi connectivity index (χ1) is 14.8. The van der Waals surface area contributed by atoms with Crippen molar-refractivity contribution in [2.24, 2.45) is 5.41 Å². The van der Waals surface area contributed by atoms with E-state index in [9.17, 15) is 10.4 Å². The minimum Gasteiger partial charge on any atom is -0.406 e. The summed E-state index contributed by atoms with van der Waals surface area (Å²) in [6, 6.07) is 23.2. The Morgan fingerprint density at radius 2 is 1.61 bits per heavy atom. The van der Waals surface area contributed by atoms with Gasteiger partial charge >= 0.3 is 0 Å². The fraction of sp³-hybridized carbons (Fsp3) is 0.480. The van der Waals surface area contributed by atoms with Gasteiger partial charge in [-0.15, -0.1) is 0 Å². The van der Waals surface area contributed by atoms with Crippen molar-refractivity contribution in [1.82, 2.24) is 0 Å². The van der Waals surface area contributed by atoms with Gasteiger partial charge in [-0.2, -0.15) is 5.26 Å². The summed E-state index contributed by atoms with van der Waals surface area (Å²) in [7, 11) is -1.23. The van der Waals surface area contributed by atoms with Gasteiger partial charge in [0.25, 0.3) is 8.32 Å². The van der Waals surface area contributed by atoms with Crippen LogP contribution in [0.15, 0.2) is 60.7 Å². The summed E-state index contributed by atoms with van der Waals surface area (Å²) in [6.07, 6.45) is -0.299. The number of methoxy groups -OCH3 is 1. The third-order valence-corrected chi connectivity index (χ3v) is 11.3. The molecule has 0 radical (unpaired) electrons. The first-order valence-corrected chi connectivity index (χ1v) is 12.6. The smallest absolute Gasteiger partial charge is 0.261 e. The van der Waals surface area contributed by atoms with E-state index in [-0.39, 0.29) is 18.4 Å². The van der Waals surface area contributed by atoms with Crippen LogP contribution < -0.4 is 10.4 Å². The summed E-state index contributed by atoms with van der Waals surface area (Å²) in [6.45, 7) is 6.91. The van der Waals surface area contributed by atoms with E-state index >= 15 is 0 Å². The Balaban J connectivity index is 2.06. The molecule has 1 N–H and O–H groups in total. The highest BCUT2D eigenvalue weighted by atomic mass is 28.4. The maximum atomic E-state index is 10.4. The molecule has 1 fully saturated rings. The van der Waals surface area contributed by atoms with Gasteiger partial charge in [0.1, 0.15) is 12.2 Å². The zero-order valence-electron chi connectivity index (χ0n) is 18.9. The van der Waals surface area contributed by atoms with Gasteiger partial charge in [-0.25, -0.2) is 0 Å². The number of rotatable bonds is 8. The molecule has 0 unspecified atom stereocenters. The topological polar surface area (TPSA) is 71.7 Å². The van der Waals surface area contributed by atoms with Gasteiger partial charge in [-0.1, -0.05) is 81.4 Å². The van der Waals surface area contributed by atoms with Crippen LogP contribution in [0.1, 0.15) is 33.6 Å². The lowest BCUT2D eigenvalue weighted by molar-refractivity contribution is -0.103. The zero-order valence-corrected chi connectivity index (χ0v) is 19.9. The highest BCUT2D eigenvalue weighted by Crippen LogP contribution is 2.43. The van der Waals surface area contributed by atoms with Gasteiger partial charge in [0.15, 0.2) is 0 Å². The summed E-state index contributed by atoms with van der Waals surface area (Å²) < 4.78 is 17.9. The normalized spacial score (nSPS) is 24.1. The van der Waals surface area contributed by atoms with Crippen LogP contribution in [0.2, 0.25) is 5.04 Å². The maximum Gasteiger partial charge on any atom is 0.261 e. The molecule has 0 spiro atoms. The quantitative estimate of drug-likeness (QED) is 0.505. The fourth-order valence-corrected chi connectivity index (χ4v) is 9.42. The van der Waals surface area contributed by atoms with E-state index < -0.39 is 25.9 Å². The van der Waals surface area contributed by atoms with Crippen LogP contribution in [-0.2, 0) is 13.9 Å². The summed E-state index contributed by atoms with van der Waals surface area (Å²) in [5.74, 6) is 0. The van der Waals surface area contributed by atoms with E-state index in [1.807, 2.05) is 36.4 Å². The van der Waals surface area contributed by atoms with Crippen molar-refractivity contribution in [1.29, 1.82) is 5.26 Å². The van der Waals surface area contributed by atoms with Crippen molar-refractivity contribution in [3.05, 3.63) is 60.7 Å². The molecule has 0 aromatic heterocycles. The van der Waals surface area contributed by atoms with Crippen molar-refractivity contribution < 1.29 is 19.0 Å². The molecule has 166 valence electrons. The third kappa shape index (κ3) is 4.62. The van der Waals surface area contributed by atoms with E-state index in [1.54, 1.807) is 7.11 Å². The highest BCUT2D eigenvalue weighted by Gasteiger charge is 2.54. The molecule has 0 amide bonds. The van der Waals surface area contributed by atoms with Crippen molar-refractivity contribution in [2.45, 2.75) is 50.9 Å². The molecule has 6 heteroatoms. The van der Waals surface area contributed by atoms with Gasteiger partial charge in [0, 0.05) is 13.5 Å². The minimum atomic E-state index is -2.78. The number of benzene rings is 2. The molecule has 3 atom stereocenters.